The Morgan fingerprint density at radius 1 is 0.870 bits per heavy atom. The number of carbonyl (C=O) groups is 2. The van der Waals surface area contributed by atoms with Crippen LogP contribution >= 0.6 is 11.8 Å². The fourth-order valence-corrected chi connectivity index (χ4v) is 6.41. The molecule has 0 saturated carbocycles. The Morgan fingerprint density at radius 2 is 1.63 bits per heavy atom. The maximum atomic E-state index is 12.2. The number of aliphatic hydroxyl groups is 1. The van der Waals surface area contributed by atoms with Gasteiger partial charge in [-0.15, -0.1) is 11.8 Å². The molecule has 8 nitrogen and oxygen atoms in total. The van der Waals surface area contributed by atoms with Crippen molar-refractivity contribution in [3.8, 4) is 16.9 Å². The summed E-state index contributed by atoms with van der Waals surface area (Å²) in [5.74, 6) is 0.482. The Balaban J connectivity index is 1.32. The Bertz CT molecular complexity index is 1610. The van der Waals surface area contributed by atoms with E-state index >= 15 is 0 Å². The number of hydrogen-bond acceptors (Lipinski definition) is 7. The first kappa shape index (κ1) is 33.2. The standard InChI is InChI=1S/C37H39NO7S/c1-43-32-11-2-3-12-34(32)46-24-31-21-33(27-17-15-25(23-39)16-18-27)45-37(44-31)30-10-5-9-29(20-30)28-8-4-7-26(19-28)22-38-35(40)13-6-14-36(41)42/h2-5,7-12,15-20,31,33,37,39H,6,13-14,21-24H2,1H3,(H,38,40)(H,41,42)/t31-,33+,37+/m1/s1. The topological polar surface area (TPSA) is 114 Å². The first-order valence-electron chi connectivity index (χ1n) is 15.4. The molecule has 1 aliphatic heterocycles. The summed E-state index contributed by atoms with van der Waals surface area (Å²) in [6.45, 7) is 0.347. The van der Waals surface area contributed by atoms with Gasteiger partial charge in [0.2, 0.25) is 5.91 Å². The Labute approximate surface area is 273 Å². The maximum absolute atomic E-state index is 12.2. The van der Waals surface area contributed by atoms with Gasteiger partial charge in [0.15, 0.2) is 6.29 Å². The molecule has 4 aromatic carbocycles. The van der Waals surface area contributed by atoms with Crippen LogP contribution in [0.15, 0.2) is 102 Å². The van der Waals surface area contributed by atoms with Gasteiger partial charge in [0, 0.05) is 42.0 Å². The molecule has 1 saturated heterocycles. The van der Waals surface area contributed by atoms with Gasteiger partial charge >= 0.3 is 5.97 Å². The molecular formula is C37H39NO7S. The van der Waals surface area contributed by atoms with E-state index in [9.17, 15) is 14.7 Å². The molecule has 0 unspecified atom stereocenters. The first-order chi connectivity index (χ1) is 22.4. The van der Waals surface area contributed by atoms with E-state index in [0.717, 1.165) is 49.8 Å². The monoisotopic (exact) mass is 641 g/mol. The zero-order valence-corrected chi connectivity index (χ0v) is 26.6. The minimum absolute atomic E-state index is 0.0110. The minimum atomic E-state index is -0.902. The van der Waals surface area contributed by atoms with Gasteiger partial charge in [-0.2, -0.15) is 0 Å². The lowest BCUT2D eigenvalue weighted by molar-refractivity contribution is -0.245. The molecule has 240 valence electrons. The van der Waals surface area contributed by atoms with Crippen LogP contribution in [0, 0.1) is 0 Å². The largest absolute Gasteiger partial charge is 0.496 e. The molecule has 3 N–H and O–H groups in total. The third kappa shape index (κ3) is 9.20. The number of aliphatic carboxylic acids is 1. The number of benzene rings is 4. The van der Waals surface area contributed by atoms with E-state index in [-0.39, 0.29) is 37.6 Å². The average molecular weight is 642 g/mol. The molecule has 46 heavy (non-hydrogen) atoms. The number of methoxy groups -OCH3 is 1. The second-order valence-electron chi connectivity index (χ2n) is 11.2. The number of carbonyl (C=O) groups excluding carboxylic acids is 1. The van der Waals surface area contributed by atoms with E-state index in [1.165, 1.54) is 0 Å². The molecule has 0 aromatic heterocycles. The Hall–Kier alpha value is -4.15. The highest BCUT2D eigenvalue weighted by atomic mass is 32.2. The third-order valence-electron chi connectivity index (χ3n) is 7.81. The van der Waals surface area contributed by atoms with Crippen molar-refractivity contribution in [2.45, 2.75) is 62.2 Å². The maximum Gasteiger partial charge on any atom is 0.303 e. The van der Waals surface area contributed by atoms with Gasteiger partial charge < -0.3 is 29.7 Å². The minimum Gasteiger partial charge on any atom is -0.496 e. The van der Waals surface area contributed by atoms with Crippen molar-refractivity contribution < 1.29 is 34.0 Å². The molecule has 1 amide bonds. The summed E-state index contributed by atoms with van der Waals surface area (Å²) in [4.78, 5) is 23.9. The average Bonchev–Trinajstić information content (AvgIpc) is 3.10. The number of hydrogen-bond donors (Lipinski definition) is 3. The van der Waals surface area contributed by atoms with Crippen molar-refractivity contribution in [3.63, 3.8) is 0 Å². The number of amides is 1. The van der Waals surface area contributed by atoms with Gasteiger partial charge in [0.1, 0.15) is 5.75 Å². The highest BCUT2D eigenvalue weighted by molar-refractivity contribution is 7.99. The molecule has 1 heterocycles. The van der Waals surface area contributed by atoms with Gasteiger partial charge in [-0.05, 0) is 58.5 Å². The fraction of sp³-hybridized carbons (Fsp3) is 0.297. The van der Waals surface area contributed by atoms with Crippen molar-refractivity contribution in [1.82, 2.24) is 5.32 Å². The van der Waals surface area contributed by atoms with E-state index < -0.39 is 12.3 Å². The molecule has 4 aromatic rings. The lowest BCUT2D eigenvalue weighted by Crippen LogP contribution is -2.31. The van der Waals surface area contributed by atoms with E-state index in [4.69, 9.17) is 19.3 Å². The summed E-state index contributed by atoms with van der Waals surface area (Å²) in [5, 5.41) is 21.2. The second kappa shape index (κ2) is 16.4. The van der Waals surface area contributed by atoms with Crippen LogP contribution in [0.4, 0.5) is 0 Å². The van der Waals surface area contributed by atoms with Crippen LogP contribution in [0.5, 0.6) is 5.75 Å². The van der Waals surface area contributed by atoms with Crippen molar-refractivity contribution in [1.29, 1.82) is 0 Å². The predicted octanol–water partition coefficient (Wildman–Crippen LogP) is 7.06. The van der Waals surface area contributed by atoms with Crippen molar-refractivity contribution in [2.24, 2.45) is 0 Å². The highest BCUT2D eigenvalue weighted by Crippen LogP contribution is 2.41. The number of ether oxygens (including phenoxy) is 3. The lowest BCUT2D eigenvalue weighted by atomic mass is 9.99. The fourth-order valence-electron chi connectivity index (χ4n) is 5.36. The molecule has 9 heteroatoms. The van der Waals surface area contributed by atoms with Crippen LogP contribution in [0.3, 0.4) is 0 Å². The lowest BCUT2D eigenvalue weighted by Gasteiger charge is -2.36. The molecule has 3 atom stereocenters. The number of carboxylic acids is 1. The molecule has 0 aliphatic carbocycles. The third-order valence-corrected chi connectivity index (χ3v) is 9.00. The highest BCUT2D eigenvalue weighted by Gasteiger charge is 2.32. The van der Waals surface area contributed by atoms with E-state index in [1.54, 1.807) is 18.9 Å². The van der Waals surface area contributed by atoms with E-state index in [2.05, 4.69) is 11.4 Å². The van der Waals surface area contributed by atoms with E-state index in [0.29, 0.717) is 19.4 Å². The second-order valence-corrected chi connectivity index (χ2v) is 12.2. The summed E-state index contributed by atoms with van der Waals surface area (Å²) in [7, 11) is 1.68. The summed E-state index contributed by atoms with van der Waals surface area (Å²) in [5.41, 5.74) is 5.72. The molecular weight excluding hydrogens is 602 g/mol. The number of nitrogens with one attached hydrogen (secondary N) is 1. The van der Waals surface area contributed by atoms with Crippen molar-refractivity contribution in [3.05, 3.63) is 119 Å². The van der Waals surface area contributed by atoms with Crippen LogP contribution in [0.25, 0.3) is 11.1 Å². The van der Waals surface area contributed by atoms with Crippen LogP contribution in [0.1, 0.15) is 60.3 Å². The van der Waals surface area contributed by atoms with Crippen LogP contribution in [-0.4, -0.2) is 41.1 Å². The predicted molar refractivity (Wildman–Crippen MR) is 177 cm³/mol. The molecule has 5 rings (SSSR count). The number of carboxylic acid groups (broad SMARTS) is 1. The number of rotatable bonds is 14. The number of thioether (sulfide) groups is 1. The van der Waals surface area contributed by atoms with Crippen molar-refractivity contribution >= 4 is 23.6 Å². The molecule has 0 spiro atoms. The van der Waals surface area contributed by atoms with Crippen LogP contribution in [0.2, 0.25) is 0 Å². The van der Waals surface area contributed by atoms with Gasteiger partial charge in [-0.25, -0.2) is 0 Å². The van der Waals surface area contributed by atoms with Gasteiger partial charge in [0.25, 0.3) is 0 Å². The molecule has 1 aliphatic rings. The van der Waals surface area contributed by atoms with Crippen LogP contribution < -0.4 is 10.1 Å². The summed E-state index contributed by atoms with van der Waals surface area (Å²) < 4.78 is 18.7. The first-order valence-corrected chi connectivity index (χ1v) is 16.3. The zero-order valence-electron chi connectivity index (χ0n) is 25.8. The molecule has 0 radical (unpaired) electrons. The SMILES string of the molecule is COc1ccccc1SC[C@H]1C[C@@H](c2ccc(CO)cc2)O[C@@H](c2cccc(-c3cccc(CNC(=O)CCCC(=O)O)c3)c2)O1. The smallest absolute Gasteiger partial charge is 0.303 e. The van der Waals surface area contributed by atoms with Crippen LogP contribution in [-0.2, 0) is 32.2 Å². The summed E-state index contributed by atoms with van der Waals surface area (Å²) >= 11 is 1.70. The Morgan fingerprint density at radius 3 is 2.39 bits per heavy atom. The van der Waals surface area contributed by atoms with Crippen molar-refractivity contribution in [2.75, 3.05) is 12.9 Å². The molecule has 0 bridgehead atoms. The normalized spacial score (nSPS) is 17.7. The van der Waals surface area contributed by atoms with Gasteiger partial charge in [0.05, 0.1) is 25.9 Å². The summed E-state index contributed by atoms with van der Waals surface area (Å²) in [6.07, 6.45) is 0.275. The van der Waals surface area contributed by atoms with E-state index in [1.807, 2.05) is 91.0 Å². The number of para-hydroxylation sites is 1. The quantitative estimate of drug-likeness (QED) is 0.125. The number of aliphatic hydroxyl groups excluding tert-OH is 1. The summed E-state index contributed by atoms with van der Waals surface area (Å²) in [6, 6.07) is 31.9. The Kier molecular flexibility index (Phi) is 11.9. The zero-order chi connectivity index (χ0) is 32.3. The van der Waals surface area contributed by atoms with Gasteiger partial charge in [-0.1, -0.05) is 72.8 Å². The molecule has 1 fully saturated rings. The van der Waals surface area contributed by atoms with Gasteiger partial charge in [-0.3, -0.25) is 9.59 Å².